The third-order valence-electron chi connectivity index (χ3n) is 2.15. The van der Waals surface area contributed by atoms with Gasteiger partial charge in [-0.15, -0.1) is 5.10 Å². The number of hydrogen-bond donors (Lipinski definition) is 2. The molecule has 84 valence electrons. The number of nitrogens with two attached hydrogens (primary N) is 2. The second-order valence-corrected chi connectivity index (χ2v) is 3.26. The molecule has 0 unspecified atom stereocenters. The van der Waals surface area contributed by atoms with Gasteiger partial charge in [-0.05, 0) is 18.2 Å². The van der Waals surface area contributed by atoms with Crippen molar-refractivity contribution in [3.05, 3.63) is 35.9 Å². The molecule has 0 saturated heterocycles. The molecule has 0 atom stereocenters. The van der Waals surface area contributed by atoms with Crippen LogP contribution in [-0.2, 0) is 0 Å². The molecule has 0 aliphatic carbocycles. The van der Waals surface area contributed by atoms with Crippen molar-refractivity contribution in [3.63, 3.8) is 0 Å². The Balaban J connectivity index is 2.54. The summed E-state index contributed by atoms with van der Waals surface area (Å²) in [5, 5.41) is 12.5. The molecule has 0 saturated carbocycles. The zero-order valence-electron chi connectivity index (χ0n) is 8.66. The molecule has 4 N–H and O–H groups in total. The van der Waals surface area contributed by atoms with Gasteiger partial charge in [0.2, 0.25) is 5.91 Å². The molecule has 0 radical (unpaired) electrons. The molecule has 7 nitrogen and oxygen atoms in total. The molecule has 2 rings (SSSR count). The normalized spacial score (nSPS) is 9.82. The fourth-order valence-corrected chi connectivity index (χ4v) is 1.33. The van der Waals surface area contributed by atoms with Gasteiger partial charge < -0.3 is 11.5 Å². The monoisotopic (exact) mass is 228 g/mol. The molecular formula is C10H8N6O. The van der Waals surface area contributed by atoms with E-state index in [1.165, 1.54) is 23.1 Å². The lowest BCUT2D eigenvalue weighted by molar-refractivity contribution is 0.100. The molecule has 0 aliphatic heterocycles. The van der Waals surface area contributed by atoms with Gasteiger partial charge in [-0.1, -0.05) is 0 Å². The van der Waals surface area contributed by atoms with Crippen molar-refractivity contribution in [1.82, 2.24) is 14.8 Å². The lowest BCUT2D eigenvalue weighted by Gasteiger charge is -2.05. The number of carbonyl (C=O) groups excluding carboxylic acids is 1. The lowest BCUT2D eigenvalue weighted by atomic mass is 10.1. The van der Waals surface area contributed by atoms with Crippen LogP contribution in [0.25, 0.3) is 5.69 Å². The summed E-state index contributed by atoms with van der Waals surface area (Å²) >= 11 is 0. The van der Waals surface area contributed by atoms with E-state index in [0.717, 1.165) is 0 Å². The minimum Gasteiger partial charge on any atom is -0.397 e. The zero-order chi connectivity index (χ0) is 12.4. The van der Waals surface area contributed by atoms with Crippen molar-refractivity contribution in [2.24, 2.45) is 5.73 Å². The number of primary amides is 1. The molecule has 17 heavy (non-hydrogen) atoms. The zero-order valence-corrected chi connectivity index (χ0v) is 8.66. The number of anilines is 1. The van der Waals surface area contributed by atoms with Gasteiger partial charge >= 0.3 is 0 Å². The molecule has 0 aliphatic rings. The first kappa shape index (κ1) is 10.6. The Morgan fingerprint density at radius 3 is 2.82 bits per heavy atom. The summed E-state index contributed by atoms with van der Waals surface area (Å²) in [4.78, 5) is 14.8. The fraction of sp³-hybridized carbons (Fsp3) is 0. The van der Waals surface area contributed by atoms with Gasteiger partial charge in [0.1, 0.15) is 12.4 Å². The molecule has 1 amide bonds. The molecule has 1 aromatic carbocycles. The summed E-state index contributed by atoms with van der Waals surface area (Å²) in [6, 6.07) is 6.35. The number of rotatable bonds is 2. The van der Waals surface area contributed by atoms with E-state index in [2.05, 4.69) is 10.1 Å². The largest absolute Gasteiger partial charge is 0.397 e. The standard InChI is InChI=1S/C10H8N6O/c11-4-9-14-5-16(15-9)8-3-6(10(13)17)1-2-7(8)12/h1-3,5H,12H2,(H2,13,17). The van der Waals surface area contributed by atoms with Crippen LogP contribution in [0.4, 0.5) is 5.69 Å². The first-order valence-electron chi connectivity index (χ1n) is 4.63. The number of hydrogen-bond acceptors (Lipinski definition) is 5. The van der Waals surface area contributed by atoms with Crippen molar-refractivity contribution in [2.45, 2.75) is 0 Å². The van der Waals surface area contributed by atoms with Gasteiger partial charge in [-0.25, -0.2) is 9.67 Å². The maximum atomic E-state index is 11.0. The average Bonchev–Trinajstić information content (AvgIpc) is 2.77. The highest BCUT2D eigenvalue weighted by molar-refractivity contribution is 5.94. The van der Waals surface area contributed by atoms with Crippen LogP contribution >= 0.6 is 0 Å². The quantitative estimate of drug-likeness (QED) is 0.690. The summed E-state index contributed by atoms with van der Waals surface area (Å²) in [5.41, 5.74) is 12.1. The van der Waals surface area contributed by atoms with Gasteiger partial charge in [0.25, 0.3) is 5.82 Å². The number of nitriles is 1. The summed E-state index contributed by atoms with van der Waals surface area (Å²) in [6.45, 7) is 0. The summed E-state index contributed by atoms with van der Waals surface area (Å²) < 4.78 is 1.32. The van der Waals surface area contributed by atoms with Gasteiger partial charge in [-0.3, -0.25) is 4.79 Å². The fourth-order valence-electron chi connectivity index (χ4n) is 1.33. The predicted molar refractivity (Wildman–Crippen MR) is 59.0 cm³/mol. The van der Waals surface area contributed by atoms with Crippen LogP contribution in [-0.4, -0.2) is 20.7 Å². The molecule has 0 spiro atoms. The molecule has 0 bridgehead atoms. The van der Waals surface area contributed by atoms with E-state index in [1.54, 1.807) is 12.1 Å². The Hall–Kier alpha value is -2.88. The summed E-state index contributed by atoms with van der Waals surface area (Å²) in [5.74, 6) is -0.541. The number of carbonyl (C=O) groups is 1. The average molecular weight is 228 g/mol. The highest BCUT2D eigenvalue weighted by Gasteiger charge is 2.09. The van der Waals surface area contributed by atoms with Crippen molar-refractivity contribution in [3.8, 4) is 11.8 Å². The smallest absolute Gasteiger partial charge is 0.252 e. The van der Waals surface area contributed by atoms with E-state index in [-0.39, 0.29) is 5.82 Å². The van der Waals surface area contributed by atoms with Crippen molar-refractivity contribution < 1.29 is 4.79 Å². The molecule has 2 aromatic rings. The van der Waals surface area contributed by atoms with Crippen LogP contribution in [0.2, 0.25) is 0 Å². The third kappa shape index (κ3) is 1.91. The van der Waals surface area contributed by atoms with E-state index in [0.29, 0.717) is 16.9 Å². The predicted octanol–water partition coefficient (Wildman–Crippen LogP) is -0.180. The number of nitrogen functional groups attached to an aromatic ring is 1. The molecule has 7 heteroatoms. The summed E-state index contributed by atoms with van der Waals surface area (Å²) in [7, 11) is 0. The van der Waals surface area contributed by atoms with Crippen LogP contribution in [0, 0.1) is 11.3 Å². The van der Waals surface area contributed by atoms with E-state index in [9.17, 15) is 4.79 Å². The maximum absolute atomic E-state index is 11.0. The molecule has 0 fully saturated rings. The highest BCUT2D eigenvalue weighted by Crippen LogP contribution is 2.17. The molecule has 1 aromatic heterocycles. The second-order valence-electron chi connectivity index (χ2n) is 3.26. The third-order valence-corrected chi connectivity index (χ3v) is 2.15. The number of nitrogens with zero attached hydrogens (tertiary/aromatic N) is 4. The number of aromatic nitrogens is 3. The van der Waals surface area contributed by atoms with Crippen LogP contribution in [0.3, 0.4) is 0 Å². The number of amides is 1. The van der Waals surface area contributed by atoms with Gasteiger partial charge in [0, 0.05) is 5.56 Å². The first-order valence-corrected chi connectivity index (χ1v) is 4.63. The topological polar surface area (TPSA) is 124 Å². The molecular weight excluding hydrogens is 220 g/mol. The van der Waals surface area contributed by atoms with Gasteiger partial charge in [0.15, 0.2) is 0 Å². The van der Waals surface area contributed by atoms with Crippen molar-refractivity contribution in [1.29, 1.82) is 5.26 Å². The second kappa shape index (κ2) is 3.94. The van der Waals surface area contributed by atoms with Crippen LogP contribution in [0.1, 0.15) is 16.2 Å². The van der Waals surface area contributed by atoms with E-state index >= 15 is 0 Å². The van der Waals surface area contributed by atoms with Crippen molar-refractivity contribution >= 4 is 11.6 Å². The number of benzene rings is 1. The maximum Gasteiger partial charge on any atom is 0.252 e. The summed E-state index contributed by atoms with van der Waals surface area (Å²) in [6.07, 6.45) is 1.34. The Morgan fingerprint density at radius 1 is 1.47 bits per heavy atom. The minimum absolute atomic E-state index is 0.0221. The van der Waals surface area contributed by atoms with E-state index in [4.69, 9.17) is 16.7 Å². The van der Waals surface area contributed by atoms with Gasteiger partial charge in [-0.2, -0.15) is 5.26 Å². The Bertz CT molecular complexity index is 624. The van der Waals surface area contributed by atoms with Crippen LogP contribution in [0.15, 0.2) is 24.5 Å². The lowest BCUT2D eigenvalue weighted by Crippen LogP contribution is -2.12. The molecule has 1 heterocycles. The van der Waals surface area contributed by atoms with E-state index in [1.807, 2.05) is 0 Å². The highest BCUT2D eigenvalue weighted by atomic mass is 16.1. The minimum atomic E-state index is -0.563. The van der Waals surface area contributed by atoms with Crippen LogP contribution < -0.4 is 11.5 Å². The first-order chi connectivity index (χ1) is 8.11. The SMILES string of the molecule is N#Cc1ncn(-c2cc(C(N)=O)ccc2N)n1. The van der Waals surface area contributed by atoms with E-state index < -0.39 is 5.91 Å². The van der Waals surface area contributed by atoms with Gasteiger partial charge in [0.05, 0.1) is 11.4 Å². The van der Waals surface area contributed by atoms with Crippen LogP contribution in [0.5, 0.6) is 0 Å². The van der Waals surface area contributed by atoms with Crippen molar-refractivity contribution in [2.75, 3.05) is 5.73 Å². The Morgan fingerprint density at radius 2 is 2.24 bits per heavy atom. The Labute approximate surface area is 96.3 Å². The Kier molecular flexibility index (Phi) is 2.46.